The van der Waals surface area contributed by atoms with Gasteiger partial charge in [-0.1, -0.05) is 24.3 Å². The highest BCUT2D eigenvalue weighted by Gasteiger charge is 2.34. The van der Waals surface area contributed by atoms with E-state index in [0.29, 0.717) is 55.0 Å². The Hall–Kier alpha value is -3.78. The topological polar surface area (TPSA) is 68.4 Å². The lowest BCUT2D eigenvalue weighted by atomic mass is 9.92. The van der Waals surface area contributed by atoms with Crippen LogP contribution in [0.4, 0.5) is 14.5 Å². The number of benzene rings is 2. The lowest BCUT2D eigenvalue weighted by molar-refractivity contribution is -0.105. The summed E-state index contributed by atoms with van der Waals surface area (Å²) in [7, 11) is 0. The van der Waals surface area contributed by atoms with E-state index in [4.69, 9.17) is 0 Å². The molecule has 1 aromatic heterocycles. The molecule has 2 aromatic carbocycles. The number of hydrogen-bond acceptors (Lipinski definition) is 3. The van der Waals surface area contributed by atoms with Crippen LogP contribution in [0.15, 0.2) is 48.5 Å². The number of allylic oxidation sites excluding steroid dienone is 1. The number of likely N-dealkylation sites (tertiary alicyclic amines) is 2. The van der Waals surface area contributed by atoms with Gasteiger partial charge in [0.2, 0.25) is 6.41 Å². The first kappa shape index (κ1) is 26.8. The van der Waals surface area contributed by atoms with Gasteiger partial charge in [-0.15, -0.1) is 0 Å². The highest BCUT2D eigenvalue weighted by atomic mass is 19.1. The number of nitrogens with zero attached hydrogens (tertiary/aromatic N) is 2. The van der Waals surface area contributed by atoms with Gasteiger partial charge in [0.1, 0.15) is 12.0 Å². The van der Waals surface area contributed by atoms with E-state index in [9.17, 15) is 18.4 Å². The van der Waals surface area contributed by atoms with Crippen molar-refractivity contribution in [2.24, 2.45) is 0 Å². The largest absolute Gasteiger partial charge is 0.358 e. The molecule has 0 bridgehead atoms. The number of H-pyrrole nitrogens is 1. The fraction of sp³-hybridized carbons (Fsp3) is 0.355. The molecule has 2 N–H and O–H groups in total. The molecule has 2 amide bonds. The first-order chi connectivity index (χ1) is 18.8. The van der Waals surface area contributed by atoms with E-state index < -0.39 is 6.17 Å². The quantitative estimate of drug-likeness (QED) is 0.355. The number of alkyl halides is 1. The maximum absolute atomic E-state index is 14.1. The van der Waals surface area contributed by atoms with Crippen molar-refractivity contribution in [3.8, 4) is 11.1 Å². The van der Waals surface area contributed by atoms with Crippen LogP contribution in [0.25, 0.3) is 22.8 Å². The standard InChI is InChI=1S/C31H34F2N4O2/c1-20(30-26(9-4-10-28(30)34-19-38)22-6-3-7-23(32)16-22)14-29-27(15-21(2)35-29)31(39)37-12-5-8-25(37)18-36-13-11-24(33)17-36/h3-4,6-7,9-10,14-16,19,24-25,35H,5,8,11-13,17-18H2,1-2H3,(H,34,38)/b20-14+/t24-,25-/m0/s1. The molecule has 3 heterocycles. The molecule has 0 spiro atoms. The van der Waals surface area contributed by atoms with Crippen LogP contribution >= 0.6 is 0 Å². The van der Waals surface area contributed by atoms with Crippen molar-refractivity contribution >= 4 is 29.7 Å². The van der Waals surface area contributed by atoms with E-state index in [2.05, 4.69) is 15.2 Å². The molecule has 0 aliphatic carbocycles. The van der Waals surface area contributed by atoms with Crippen LogP contribution in [-0.4, -0.2) is 65.5 Å². The molecular formula is C31H34F2N4O2. The molecule has 204 valence electrons. The number of amides is 2. The highest BCUT2D eigenvalue weighted by molar-refractivity contribution is 6.02. The van der Waals surface area contributed by atoms with E-state index in [1.165, 1.54) is 12.1 Å². The molecule has 2 fully saturated rings. The fourth-order valence-corrected chi connectivity index (χ4v) is 5.94. The fourth-order valence-electron chi connectivity index (χ4n) is 5.94. The number of aromatic amines is 1. The number of hydrogen-bond donors (Lipinski definition) is 2. The van der Waals surface area contributed by atoms with Gasteiger partial charge in [-0.3, -0.25) is 14.5 Å². The lowest BCUT2D eigenvalue weighted by Crippen LogP contribution is -2.42. The number of aryl methyl sites for hydroxylation is 1. The van der Waals surface area contributed by atoms with E-state index in [0.717, 1.165) is 41.8 Å². The summed E-state index contributed by atoms with van der Waals surface area (Å²) < 4.78 is 27.8. The Morgan fingerprint density at radius 1 is 1.15 bits per heavy atom. The Balaban J connectivity index is 1.49. The molecule has 2 saturated heterocycles. The lowest BCUT2D eigenvalue weighted by Gasteiger charge is -2.28. The van der Waals surface area contributed by atoms with Gasteiger partial charge in [-0.2, -0.15) is 0 Å². The first-order valence-electron chi connectivity index (χ1n) is 13.5. The van der Waals surface area contributed by atoms with E-state index in [1.807, 2.05) is 49.1 Å². The third kappa shape index (κ3) is 5.81. The van der Waals surface area contributed by atoms with Crippen molar-refractivity contribution < 1.29 is 18.4 Å². The van der Waals surface area contributed by atoms with Crippen LogP contribution in [-0.2, 0) is 4.79 Å². The van der Waals surface area contributed by atoms with Gasteiger partial charge in [0.15, 0.2) is 0 Å². The van der Waals surface area contributed by atoms with Gasteiger partial charge in [-0.25, -0.2) is 8.78 Å². The summed E-state index contributed by atoms with van der Waals surface area (Å²) in [6.07, 6.45) is 4.15. The summed E-state index contributed by atoms with van der Waals surface area (Å²) in [6, 6.07) is 13.8. The number of carbonyl (C=O) groups excluding carboxylic acids is 2. The van der Waals surface area contributed by atoms with Gasteiger partial charge in [0.05, 0.1) is 11.3 Å². The molecule has 2 aliphatic heterocycles. The van der Waals surface area contributed by atoms with Crippen molar-refractivity contribution in [1.82, 2.24) is 14.8 Å². The van der Waals surface area contributed by atoms with Crippen molar-refractivity contribution in [2.45, 2.75) is 45.3 Å². The second-order valence-electron chi connectivity index (χ2n) is 10.5. The van der Waals surface area contributed by atoms with Gasteiger partial charge in [0, 0.05) is 49.2 Å². The molecule has 6 nitrogen and oxygen atoms in total. The normalized spacial score (nSPS) is 20.0. The molecule has 3 aromatic rings. The number of anilines is 1. The average molecular weight is 533 g/mol. The number of aromatic nitrogens is 1. The van der Waals surface area contributed by atoms with E-state index >= 15 is 0 Å². The minimum absolute atomic E-state index is 0.0402. The molecular weight excluding hydrogens is 498 g/mol. The maximum Gasteiger partial charge on any atom is 0.256 e. The van der Waals surface area contributed by atoms with Gasteiger partial charge in [0.25, 0.3) is 5.91 Å². The summed E-state index contributed by atoms with van der Waals surface area (Å²) in [5.41, 5.74) is 5.71. The zero-order valence-electron chi connectivity index (χ0n) is 22.3. The summed E-state index contributed by atoms with van der Waals surface area (Å²) >= 11 is 0. The third-order valence-electron chi connectivity index (χ3n) is 7.70. The van der Waals surface area contributed by atoms with Crippen LogP contribution in [0.5, 0.6) is 0 Å². The van der Waals surface area contributed by atoms with Crippen LogP contribution in [0.3, 0.4) is 0 Å². The number of nitrogens with one attached hydrogen (secondary N) is 2. The zero-order valence-corrected chi connectivity index (χ0v) is 22.3. The second kappa shape index (κ2) is 11.5. The SMILES string of the molecule is C/C(=C\c1[nH]c(C)cc1C(=O)N1CCC[C@H]1CN1CC[C@H](F)C1)c1c(NC=O)cccc1-c1cccc(F)c1. The van der Waals surface area contributed by atoms with Gasteiger partial charge < -0.3 is 15.2 Å². The number of halogens is 2. The summed E-state index contributed by atoms with van der Waals surface area (Å²) in [5.74, 6) is -0.389. The second-order valence-corrected chi connectivity index (χ2v) is 10.5. The molecule has 5 rings (SSSR count). The minimum atomic E-state index is -0.781. The number of rotatable bonds is 8. The Morgan fingerprint density at radius 2 is 1.97 bits per heavy atom. The maximum atomic E-state index is 14.1. The molecule has 2 aliphatic rings. The Kier molecular flexibility index (Phi) is 7.93. The van der Waals surface area contributed by atoms with Gasteiger partial charge >= 0.3 is 0 Å². The highest BCUT2D eigenvalue weighted by Crippen LogP contribution is 2.36. The van der Waals surface area contributed by atoms with Crippen molar-refractivity contribution in [1.29, 1.82) is 0 Å². The van der Waals surface area contributed by atoms with Crippen molar-refractivity contribution in [3.05, 3.63) is 76.9 Å². The summed E-state index contributed by atoms with van der Waals surface area (Å²) in [4.78, 5) is 32.6. The molecule has 39 heavy (non-hydrogen) atoms. The summed E-state index contributed by atoms with van der Waals surface area (Å²) in [5, 5.41) is 2.77. The van der Waals surface area contributed by atoms with Crippen molar-refractivity contribution in [3.63, 3.8) is 0 Å². The van der Waals surface area contributed by atoms with Crippen molar-refractivity contribution in [2.75, 3.05) is 31.5 Å². The summed E-state index contributed by atoms with van der Waals surface area (Å²) in [6.45, 7) is 6.38. The monoisotopic (exact) mass is 532 g/mol. The number of carbonyl (C=O) groups is 2. The molecule has 8 heteroatoms. The van der Waals surface area contributed by atoms with Crippen LogP contribution in [0.1, 0.15) is 53.5 Å². The average Bonchev–Trinajstić information content (AvgIpc) is 3.64. The molecule has 0 radical (unpaired) electrons. The zero-order chi connectivity index (χ0) is 27.5. The predicted octanol–water partition coefficient (Wildman–Crippen LogP) is 5.91. The molecule has 2 atom stereocenters. The molecule has 0 unspecified atom stereocenters. The Bertz CT molecular complexity index is 1400. The first-order valence-corrected chi connectivity index (χ1v) is 13.5. The predicted molar refractivity (Wildman–Crippen MR) is 151 cm³/mol. The van der Waals surface area contributed by atoms with Crippen LogP contribution in [0, 0.1) is 12.7 Å². The van der Waals surface area contributed by atoms with Crippen LogP contribution in [0.2, 0.25) is 0 Å². The van der Waals surface area contributed by atoms with Gasteiger partial charge in [-0.05, 0) is 80.2 Å². The minimum Gasteiger partial charge on any atom is -0.358 e. The smallest absolute Gasteiger partial charge is 0.256 e. The Morgan fingerprint density at radius 3 is 2.72 bits per heavy atom. The van der Waals surface area contributed by atoms with E-state index in [1.54, 1.807) is 12.1 Å². The van der Waals surface area contributed by atoms with Crippen LogP contribution < -0.4 is 5.32 Å². The van der Waals surface area contributed by atoms with E-state index in [-0.39, 0.29) is 17.8 Å². The third-order valence-corrected chi connectivity index (χ3v) is 7.70. The molecule has 0 saturated carbocycles. The Labute approximate surface area is 227 Å².